The molecule has 0 amide bonds. The molecule has 1 heterocycles. The second-order valence-electron chi connectivity index (χ2n) is 6.13. The van der Waals surface area contributed by atoms with E-state index in [4.69, 9.17) is 4.74 Å². The van der Waals surface area contributed by atoms with Crippen LogP contribution in [0.4, 0.5) is 0 Å². The highest BCUT2D eigenvalue weighted by atomic mass is 32.1. The molecule has 0 radical (unpaired) electrons. The normalized spacial score (nSPS) is 11.7. The average molecular weight is 305 g/mol. The summed E-state index contributed by atoms with van der Waals surface area (Å²) < 4.78 is 5.42. The molecule has 0 unspecified atom stereocenters. The molecule has 1 aromatic heterocycles. The number of ether oxygens (including phenoxy) is 1. The number of hydrogen-bond acceptors (Lipinski definition) is 5. The zero-order valence-electron chi connectivity index (χ0n) is 13.4. The van der Waals surface area contributed by atoms with Crippen molar-refractivity contribution in [1.29, 1.82) is 0 Å². The third-order valence-corrected chi connectivity index (χ3v) is 4.06. The molecule has 5 heteroatoms. The predicted octanol–water partition coefficient (Wildman–Crippen LogP) is 3.45. The molecule has 4 nitrogen and oxygen atoms in total. The van der Waals surface area contributed by atoms with Crippen LogP contribution in [0.3, 0.4) is 0 Å². The first-order valence-corrected chi connectivity index (χ1v) is 7.93. The summed E-state index contributed by atoms with van der Waals surface area (Å²) in [6.07, 6.45) is 0.892. The Bertz CT molecular complexity index is 602. The van der Waals surface area contributed by atoms with Crippen LogP contribution < -0.4 is 10.1 Å². The van der Waals surface area contributed by atoms with Crippen molar-refractivity contribution < 1.29 is 4.74 Å². The van der Waals surface area contributed by atoms with Crippen LogP contribution in [-0.2, 0) is 6.42 Å². The van der Waals surface area contributed by atoms with Crippen molar-refractivity contribution in [2.45, 2.75) is 39.7 Å². The second-order valence-corrected chi connectivity index (χ2v) is 7.19. The molecule has 1 N–H and O–H groups in total. The lowest BCUT2D eigenvalue weighted by atomic mass is 10.1. The molecule has 2 aromatic rings. The van der Waals surface area contributed by atoms with Gasteiger partial charge in [-0.1, -0.05) is 23.0 Å². The van der Waals surface area contributed by atoms with Crippen LogP contribution in [-0.4, -0.2) is 29.4 Å². The first kappa shape index (κ1) is 15.9. The number of nitrogens with one attached hydrogen (secondary N) is 1. The first-order chi connectivity index (χ1) is 9.89. The summed E-state index contributed by atoms with van der Waals surface area (Å²) in [4.78, 5) is 0. The van der Waals surface area contributed by atoms with Crippen LogP contribution >= 0.6 is 11.3 Å². The van der Waals surface area contributed by atoms with E-state index in [1.807, 2.05) is 12.1 Å². The Morgan fingerprint density at radius 2 is 2.00 bits per heavy atom. The smallest absolute Gasteiger partial charge is 0.151 e. The molecule has 0 bridgehead atoms. The molecule has 114 valence electrons. The molecule has 0 aliphatic heterocycles. The Hall–Kier alpha value is -1.46. The van der Waals surface area contributed by atoms with E-state index in [1.54, 1.807) is 18.4 Å². The Labute approximate surface area is 130 Å². The molecular formula is C16H23N3OS. The Kier molecular flexibility index (Phi) is 4.96. The number of hydrogen-bond donors (Lipinski definition) is 1. The van der Waals surface area contributed by atoms with Gasteiger partial charge in [0.05, 0.1) is 12.7 Å². The topological polar surface area (TPSA) is 47.0 Å². The minimum absolute atomic E-state index is 0.132. The van der Waals surface area contributed by atoms with E-state index in [0.29, 0.717) is 0 Å². The molecule has 0 atom stereocenters. The van der Waals surface area contributed by atoms with Gasteiger partial charge in [0.15, 0.2) is 5.01 Å². The molecule has 0 saturated carbocycles. The van der Waals surface area contributed by atoms with Gasteiger partial charge in [-0.25, -0.2) is 0 Å². The van der Waals surface area contributed by atoms with E-state index < -0.39 is 0 Å². The van der Waals surface area contributed by atoms with Crippen LogP contribution in [0.25, 0.3) is 10.6 Å². The Morgan fingerprint density at radius 1 is 1.24 bits per heavy atom. The van der Waals surface area contributed by atoms with Gasteiger partial charge in [-0.05, 0) is 39.8 Å². The highest BCUT2D eigenvalue weighted by Gasteiger charge is 2.13. The van der Waals surface area contributed by atoms with Gasteiger partial charge in [0, 0.05) is 18.5 Å². The summed E-state index contributed by atoms with van der Waals surface area (Å²) in [6.45, 7) is 9.46. The lowest BCUT2D eigenvalue weighted by Crippen LogP contribution is -2.37. The van der Waals surface area contributed by atoms with Crippen molar-refractivity contribution in [3.63, 3.8) is 0 Å². The quantitative estimate of drug-likeness (QED) is 0.919. The van der Waals surface area contributed by atoms with E-state index in [1.165, 1.54) is 5.56 Å². The zero-order valence-corrected chi connectivity index (χ0v) is 14.2. The summed E-state index contributed by atoms with van der Waals surface area (Å²) in [5, 5.41) is 14.0. The SMILES string of the molecule is COc1ccc(C)cc1-c1nnc(CCNC(C)(C)C)s1. The van der Waals surface area contributed by atoms with Gasteiger partial charge in [-0.15, -0.1) is 10.2 Å². The number of rotatable bonds is 5. The second kappa shape index (κ2) is 6.54. The summed E-state index contributed by atoms with van der Waals surface area (Å²) in [7, 11) is 1.68. The Balaban J connectivity index is 2.11. The molecule has 0 fully saturated rings. The maximum atomic E-state index is 5.42. The zero-order chi connectivity index (χ0) is 15.5. The average Bonchev–Trinajstić information content (AvgIpc) is 2.86. The third kappa shape index (κ3) is 4.51. The number of aromatic nitrogens is 2. The van der Waals surface area contributed by atoms with Gasteiger partial charge < -0.3 is 10.1 Å². The van der Waals surface area contributed by atoms with Gasteiger partial charge in [-0.2, -0.15) is 0 Å². The fourth-order valence-electron chi connectivity index (χ4n) is 2.00. The molecular weight excluding hydrogens is 282 g/mol. The van der Waals surface area contributed by atoms with Crippen LogP contribution in [0.5, 0.6) is 5.75 Å². The van der Waals surface area contributed by atoms with Gasteiger partial charge >= 0.3 is 0 Å². The summed E-state index contributed by atoms with van der Waals surface area (Å²) >= 11 is 1.63. The van der Waals surface area contributed by atoms with Gasteiger partial charge in [0.2, 0.25) is 0 Å². The summed E-state index contributed by atoms with van der Waals surface area (Å²) in [6, 6.07) is 6.11. The lowest BCUT2D eigenvalue weighted by Gasteiger charge is -2.19. The third-order valence-electron chi connectivity index (χ3n) is 3.05. The number of nitrogens with zero attached hydrogens (tertiary/aromatic N) is 2. The van der Waals surface area contributed by atoms with Gasteiger partial charge in [-0.3, -0.25) is 0 Å². The van der Waals surface area contributed by atoms with E-state index in [0.717, 1.165) is 34.3 Å². The van der Waals surface area contributed by atoms with Crippen molar-refractivity contribution >= 4 is 11.3 Å². The Morgan fingerprint density at radius 3 is 2.67 bits per heavy atom. The van der Waals surface area contributed by atoms with Crippen molar-refractivity contribution in [3.8, 4) is 16.3 Å². The van der Waals surface area contributed by atoms with Crippen LogP contribution in [0.2, 0.25) is 0 Å². The van der Waals surface area contributed by atoms with Crippen molar-refractivity contribution in [1.82, 2.24) is 15.5 Å². The highest BCUT2D eigenvalue weighted by Crippen LogP contribution is 2.32. The largest absolute Gasteiger partial charge is 0.496 e. The maximum Gasteiger partial charge on any atom is 0.151 e. The minimum Gasteiger partial charge on any atom is -0.496 e. The van der Waals surface area contributed by atoms with Crippen molar-refractivity contribution in [2.75, 3.05) is 13.7 Å². The van der Waals surface area contributed by atoms with Crippen LogP contribution in [0.15, 0.2) is 18.2 Å². The maximum absolute atomic E-state index is 5.42. The highest BCUT2D eigenvalue weighted by molar-refractivity contribution is 7.14. The molecule has 1 aromatic carbocycles. The van der Waals surface area contributed by atoms with Crippen LogP contribution in [0.1, 0.15) is 31.3 Å². The fraction of sp³-hybridized carbons (Fsp3) is 0.500. The summed E-state index contributed by atoms with van der Waals surface area (Å²) in [5.41, 5.74) is 2.34. The number of aryl methyl sites for hydroxylation is 1. The predicted molar refractivity (Wildman–Crippen MR) is 88.1 cm³/mol. The van der Waals surface area contributed by atoms with E-state index in [2.05, 4.69) is 49.3 Å². The fourth-order valence-corrected chi connectivity index (χ4v) is 2.86. The lowest BCUT2D eigenvalue weighted by molar-refractivity contribution is 0.416. The summed E-state index contributed by atoms with van der Waals surface area (Å²) in [5.74, 6) is 0.844. The monoisotopic (exact) mass is 305 g/mol. The van der Waals surface area contributed by atoms with E-state index in [9.17, 15) is 0 Å². The van der Waals surface area contributed by atoms with Crippen molar-refractivity contribution in [2.24, 2.45) is 0 Å². The number of benzene rings is 1. The molecule has 0 aliphatic carbocycles. The van der Waals surface area contributed by atoms with E-state index >= 15 is 0 Å². The standard InChI is InChI=1S/C16H23N3OS/c1-11-6-7-13(20-5)12(10-11)15-19-18-14(21-15)8-9-17-16(2,3)4/h6-7,10,17H,8-9H2,1-5H3. The van der Waals surface area contributed by atoms with Crippen molar-refractivity contribution in [3.05, 3.63) is 28.8 Å². The van der Waals surface area contributed by atoms with Gasteiger partial charge in [0.1, 0.15) is 10.8 Å². The van der Waals surface area contributed by atoms with Gasteiger partial charge in [0.25, 0.3) is 0 Å². The molecule has 21 heavy (non-hydrogen) atoms. The molecule has 2 rings (SSSR count). The first-order valence-electron chi connectivity index (χ1n) is 7.11. The van der Waals surface area contributed by atoms with Crippen LogP contribution in [0, 0.1) is 6.92 Å². The van der Waals surface area contributed by atoms with E-state index in [-0.39, 0.29) is 5.54 Å². The number of methoxy groups -OCH3 is 1. The molecule has 0 aliphatic rings. The minimum atomic E-state index is 0.132. The molecule has 0 spiro atoms. The molecule has 0 saturated heterocycles.